The van der Waals surface area contributed by atoms with Crippen molar-refractivity contribution in [1.82, 2.24) is 5.32 Å². The van der Waals surface area contributed by atoms with Crippen molar-refractivity contribution in [2.45, 2.75) is 6.42 Å². The van der Waals surface area contributed by atoms with E-state index in [1.807, 2.05) is 0 Å². The molecule has 2 heterocycles. The lowest BCUT2D eigenvalue weighted by Gasteiger charge is -2.17. The lowest BCUT2D eigenvalue weighted by atomic mass is 10.1. The van der Waals surface area contributed by atoms with Gasteiger partial charge in [0, 0.05) is 36.0 Å². The monoisotopic (exact) mass is 425 g/mol. The summed E-state index contributed by atoms with van der Waals surface area (Å²) >= 11 is 0. The molecule has 10 nitrogen and oxygen atoms in total. The molecule has 1 atom stereocenters. The molecule has 0 aromatic heterocycles. The molecule has 0 bridgehead atoms. The molecule has 160 valence electrons. The number of nitrogens with one attached hydrogen (secondary N) is 2. The first-order valence-corrected chi connectivity index (χ1v) is 9.51. The number of nitrogens with zero attached hydrogens (tertiary/aromatic N) is 1. The number of hydrogen-bond donors (Lipinski definition) is 3. The van der Waals surface area contributed by atoms with Crippen molar-refractivity contribution in [2.24, 2.45) is 5.92 Å². The second-order valence-corrected chi connectivity index (χ2v) is 7.09. The highest BCUT2D eigenvalue weighted by molar-refractivity contribution is 6.04. The Kier molecular flexibility index (Phi) is 5.44. The number of benzene rings is 2. The maximum Gasteiger partial charge on any atom is 0.322 e. The SMILES string of the molecule is O=C(O)CNC(=O)c1ccc(NC(=O)C2CC(=O)N(c3ccc4c(c3)OCO4)C2)cc1. The molecule has 0 radical (unpaired) electrons. The maximum absolute atomic E-state index is 12.6. The number of carboxylic acid groups (broad SMARTS) is 1. The van der Waals surface area contributed by atoms with Gasteiger partial charge in [0.25, 0.3) is 5.91 Å². The van der Waals surface area contributed by atoms with E-state index in [1.54, 1.807) is 35.2 Å². The van der Waals surface area contributed by atoms with Gasteiger partial charge in [-0.2, -0.15) is 0 Å². The van der Waals surface area contributed by atoms with Crippen molar-refractivity contribution >= 4 is 35.1 Å². The number of fused-ring (bicyclic) bond motifs is 1. The van der Waals surface area contributed by atoms with E-state index in [0.717, 1.165) is 0 Å². The molecule has 2 aromatic rings. The lowest BCUT2D eigenvalue weighted by Crippen LogP contribution is -2.29. The minimum absolute atomic E-state index is 0.0793. The van der Waals surface area contributed by atoms with E-state index in [2.05, 4.69) is 10.6 Å². The molecule has 1 saturated heterocycles. The highest BCUT2D eigenvalue weighted by Gasteiger charge is 2.35. The predicted molar refractivity (Wildman–Crippen MR) is 108 cm³/mol. The Morgan fingerprint density at radius 3 is 2.55 bits per heavy atom. The molecule has 2 aliphatic rings. The van der Waals surface area contributed by atoms with Crippen LogP contribution in [0.15, 0.2) is 42.5 Å². The average molecular weight is 425 g/mol. The third-order valence-corrected chi connectivity index (χ3v) is 4.98. The van der Waals surface area contributed by atoms with Crippen LogP contribution in [0.1, 0.15) is 16.8 Å². The number of ether oxygens (including phenoxy) is 2. The Bertz CT molecular complexity index is 1050. The number of carboxylic acids is 1. The predicted octanol–water partition coefficient (Wildman–Crippen LogP) is 1.22. The second kappa shape index (κ2) is 8.34. The highest BCUT2D eigenvalue weighted by atomic mass is 16.7. The van der Waals surface area contributed by atoms with Crippen LogP contribution in [0.5, 0.6) is 11.5 Å². The fraction of sp³-hybridized carbons (Fsp3) is 0.238. The first-order valence-electron chi connectivity index (χ1n) is 9.51. The summed E-state index contributed by atoms with van der Waals surface area (Å²) < 4.78 is 10.6. The zero-order valence-electron chi connectivity index (χ0n) is 16.3. The van der Waals surface area contributed by atoms with Crippen LogP contribution in [0, 0.1) is 5.92 Å². The fourth-order valence-corrected chi connectivity index (χ4v) is 3.39. The summed E-state index contributed by atoms with van der Waals surface area (Å²) in [4.78, 5) is 49.0. The van der Waals surface area contributed by atoms with E-state index in [-0.39, 0.29) is 37.1 Å². The van der Waals surface area contributed by atoms with Crippen molar-refractivity contribution in [3.8, 4) is 11.5 Å². The zero-order chi connectivity index (χ0) is 22.0. The van der Waals surface area contributed by atoms with Gasteiger partial charge in [-0.05, 0) is 36.4 Å². The van der Waals surface area contributed by atoms with Gasteiger partial charge in [0.2, 0.25) is 18.6 Å². The standard InChI is InChI=1S/C21H19N3O7/c25-18-7-13(10-24(18)15-5-6-16-17(8-15)31-11-30-16)21(29)23-14-3-1-12(2-4-14)20(28)22-9-19(26)27/h1-6,8,13H,7,9-11H2,(H,22,28)(H,23,29)(H,26,27). The molecule has 31 heavy (non-hydrogen) atoms. The Labute approximate surface area is 176 Å². The number of amides is 3. The highest BCUT2D eigenvalue weighted by Crippen LogP contribution is 2.37. The largest absolute Gasteiger partial charge is 0.480 e. The van der Waals surface area contributed by atoms with Gasteiger partial charge in [-0.1, -0.05) is 0 Å². The van der Waals surface area contributed by atoms with Crippen molar-refractivity contribution in [3.05, 3.63) is 48.0 Å². The zero-order valence-corrected chi connectivity index (χ0v) is 16.3. The minimum atomic E-state index is -1.14. The Morgan fingerprint density at radius 1 is 1.06 bits per heavy atom. The third kappa shape index (κ3) is 4.42. The molecule has 0 aliphatic carbocycles. The molecule has 0 spiro atoms. The minimum Gasteiger partial charge on any atom is -0.480 e. The van der Waals surface area contributed by atoms with Crippen LogP contribution in [0.4, 0.5) is 11.4 Å². The fourth-order valence-electron chi connectivity index (χ4n) is 3.39. The topological polar surface area (TPSA) is 134 Å². The molecule has 1 unspecified atom stereocenters. The van der Waals surface area contributed by atoms with Gasteiger partial charge in [0.1, 0.15) is 6.54 Å². The van der Waals surface area contributed by atoms with Crippen molar-refractivity contribution in [3.63, 3.8) is 0 Å². The summed E-state index contributed by atoms with van der Waals surface area (Å²) in [7, 11) is 0. The van der Waals surface area contributed by atoms with E-state index < -0.39 is 24.3 Å². The lowest BCUT2D eigenvalue weighted by molar-refractivity contribution is -0.135. The summed E-state index contributed by atoms with van der Waals surface area (Å²) in [5.74, 6) is -1.49. The number of anilines is 2. The maximum atomic E-state index is 12.6. The molecule has 4 rings (SSSR count). The van der Waals surface area contributed by atoms with Gasteiger partial charge in [-0.3, -0.25) is 19.2 Å². The molecule has 1 fully saturated rings. The van der Waals surface area contributed by atoms with Crippen molar-refractivity contribution in [2.75, 3.05) is 30.1 Å². The molecule has 10 heteroatoms. The Morgan fingerprint density at radius 2 is 1.81 bits per heavy atom. The van der Waals surface area contributed by atoms with Crippen LogP contribution in [-0.2, 0) is 14.4 Å². The van der Waals surface area contributed by atoms with Gasteiger partial charge in [0.15, 0.2) is 11.5 Å². The molecule has 2 aromatic carbocycles. The van der Waals surface area contributed by atoms with Crippen LogP contribution in [-0.4, -0.2) is 48.7 Å². The number of carbonyl (C=O) groups excluding carboxylic acids is 3. The summed E-state index contributed by atoms with van der Waals surface area (Å²) in [6.45, 7) is -0.106. The summed E-state index contributed by atoms with van der Waals surface area (Å²) in [5, 5.41) is 13.6. The number of rotatable bonds is 6. The van der Waals surface area contributed by atoms with Gasteiger partial charge >= 0.3 is 5.97 Å². The molecule has 3 amide bonds. The van der Waals surface area contributed by atoms with Gasteiger partial charge in [-0.25, -0.2) is 0 Å². The van der Waals surface area contributed by atoms with E-state index >= 15 is 0 Å². The van der Waals surface area contributed by atoms with Crippen LogP contribution >= 0.6 is 0 Å². The summed E-state index contributed by atoms with van der Waals surface area (Å²) in [6, 6.07) is 11.2. The van der Waals surface area contributed by atoms with E-state index in [1.165, 1.54) is 12.1 Å². The quantitative estimate of drug-likeness (QED) is 0.633. The smallest absolute Gasteiger partial charge is 0.322 e. The Balaban J connectivity index is 1.36. The normalized spacial score (nSPS) is 16.8. The van der Waals surface area contributed by atoms with E-state index in [0.29, 0.717) is 22.9 Å². The van der Waals surface area contributed by atoms with Gasteiger partial charge in [-0.15, -0.1) is 0 Å². The Hall–Kier alpha value is -4.08. The van der Waals surface area contributed by atoms with E-state index in [9.17, 15) is 19.2 Å². The molecule has 3 N–H and O–H groups in total. The number of carbonyl (C=O) groups is 4. The van der Waals surface area contributed by atoms with E-state index in [4.69, 9.17) is 14.6 Å². The average Bonchev–Trinajstić information content (AvgIpc) is 3.38. The van der Waals surface area contributed by atoms with Gasteiger partial charge < -0.3 is 30.1 Å². The molecular formula is C21H19N3O7. The molecule has 0 saturated carbocycles. The number of aliphatic carboxylic acids is 1. The number of hydrogen-bond acceptors (Lipinski definition) is 6. The van der Waals surface area contributed by atoms with Crippen molar-refractivity contribution < 1.29 is 33.8 Å². The molecular weight excluding hydrogens is 406 g/mol. The summed E-state index contributed by atoms with van der Waals surface area (Å²) in [6.07, 6.45) is 0.0793. The second-order valence-electron chi connectivity index (χ2n) is 7.09. The third-order valence-electron chi connectivity index (χ3n) is 4.98. The first kappa shape index (κ1) is 20.2. The first-order chi connectivity index (χ1) is 14.9. The van der Waals surface area contributed by atoms with Crippen LogP contribution in [0.2, 0.25) is 0 Å². The van der Waals surface area contributed by atoms with Gasteiger partial charge in [0.05, 0.1) is 5.92 Å². The van der Waals surface area contributed by atoms with Crippen molar-refractivity contribution in [1.29, 1.82) is 0 Å². The summed E-state index contributed by atoms with van der Waals surface area (Å²) in [5.41, 5.74) is 1.37. The molecule has 2 aliphatic heterocycles. The van der Waals surface area contributed by atoms with Crippen LogP contribution in [0.3, 0.4) is 0 Å². The van der Waals surface area contributed by atoms with Crippen LogP contribution < -0.4 is 25.0 Å². The van der Waals surface area contributed by atoms with Crippen LogP contribution in [0.25, 0.3) is 0 Å².